The van der Waals surface area contributed by atoms with Gasteiger partial charge >= 0.3 is 5.97 Å². The number of halogens is 1. The van der Waals surface area contributed by atoms with Crippen LogP contribution in [0.1, 0.15) is 9.67 Å². The zero-order valence-corrected chi connectivity index (χ0v) is 11.5. The summed E-state index contributed by atoms with van der Waals surface area (Å²) in [5, 5.41) is 13.0. The van der Waals surface area contributed by atoms with Crippen molar-refractivity contribution in [1.29, 1.82) is 0 Å². The van der Waals surface area contributed by atoms with Gasteiger partial charge in [0.25, 0.3) is 5.91 Å². The van der Waals surface area contributed by atoms with Crippen molar-refractivity contribution >= 4 is 50.9 Å². The summed E-state index contributed by atoms with van der Waals surface area (Å²) in [5.41, 5.74) is 0. The van der Waals surface area contributed by atoms with Gasteiger partial charge < -0.3 is 10.4 Å². The summed E-state index contributed by atoms with van der Waals surface area (Å²) in [6, 6.07) is 1.82. The van der Waals surface area contributed by atoms with Crippen molar-refractivity contribution in [2.45, 2.75) is 0 Å². The van der Waals surface area contributed by atoms with Gasteiger partial charge in [0.15, 0.2) is 0 Å². The Morgan fingerprint density at radius 1 is 1.56 bits per heavy atom. The normalized spacial score (nSPS) is 10.1. The molecular weight excluding hydrogens is 314 g/mol. The molecule has 16 heavy (non-hydrogen) atoms. The standard InChI is InChI=1S/C9H10BrNO3S2/c10-6-1-3-16-8(6)9(14)11-2-4-15-5-7(12)13/h1,3H,2,4-5H2,(H,11,14)(H,12,13). The Morgan fingerprint density at radius 3 is 2.88 bits per heavy atom. The average Bonchev–Trinajstić information content (AvgIpc) is 2.63. The molecule has 1 aromatic heterocycles. The van der Waals surface area contributed by atoms with Crippen molar-refractivity contribution < 1.29 is 14.7 Å². The van der Waals surface area contributed by atoms with Gasteiger partial charge in [0.1, 0.15) is 4.88 Å². The number of hydrogen-bond acceptors (Lipinski definition) is 4. The minimum absolute atomic E-state index is 0.0680. The van der Waals surface area contributed by atoms with E-state index in [4.69, 9.17) is 5.11 Å². The zero-order chi connectivity index (χ0) is 12.0. The largest absolute Gasteiger partial charge is 0.481 e. The van der Waals surface area contributed by atoms with E-state index in [0.29, 0.717) is 17.2 Å². The van der Waals surface area contributed by atoms with Gasteiger partial charge in [-0.3, -0.25) is 9.59 Å². The molecule has 0 spiro atoms. The van der Waals surface area contributed by atoms with Crippen molar-refractivity contribution in [3.05, 3.63) is 20.8 Å². The lowest BCUT2D eigenvalue weighted by atomic mass is 10.4. The molecule has 1 rings (SSSR count). The first-order valence-electron chi connectivity index (χ1n) is 4.42. The van der Waals surface area contributed by atoms with Crippen LogP contribution in [0.3, 0.4) is 0 Å². The molecule has 0 saturated heterocycles. The van der Waals surface area contributed by atoms with Crippen molar-refractivity contribution in [3.63, 3.8) is 0 Å². The van der Waals surface area contributed by atoms with Crippen LogP contribution >= 0.6 is 39.0 Å². The highest BCUT2D eigenvalue weighted by atomic mass is 79.9. The monoisotopic (exact) mass is 323 g/mol. The second-order valence-electron chi connectivity index (χ2n) is 2.80. The number of thioether (sulfide) groups is 1. The Kier molecular flexibility index (Phi) is 5.86. The van der Waals surface area contributed by atoms with Gasteiger partial charge in [0.05, 0.1) is 5.75 Å². The summed E-state index contributed by atoms with van der Waals surface area (Å²) in [6.07, 6.45) is 0. The van der Waals surface area contributed by atoms with Crippen molar-refractivity contribution in [2.24, 2.45) is 0 Å². The molecule has 0 radical (unpaired) electrons. The number of carboxylic acid groups (broad SMARTS) is 1. The smallest absolute Gasteiger partial charge is 0.313 e. The SMILES string of the molecule is O=C(O)CSCCNC(=O)c1sccc1Br. The molecule has 2 N–H and O–H groups in total. The number of aliphatic carboxylic acids is 1. The molecule has 0 saturated carbocycles. The van der Waals surface area contributed by atoms with Gasteiger partial charge in [-0.1, -0.05) is 0 Å². The Hall–Kier alpha value is -0.530. The third-order valence-corrected chi connectivity index (χ3v) is 4.36. The summed E-state index contributed by atoms with van der Waals surface area (Å²) in [4.78, 5) is 22.4. The lowest BCUT2D eigenvalue weighted by Gasteiger charge is -2.02. The Bertz CT molecular complexity index is 381. The molecule has 7 heteroatoms. The van der Waals surface area contributed by atoms with Crippen LogP contribution in [0.25, 0.3) is 0 Å². The summed E-state index contributed by atoms with van der Waals surface area (Å²) < 4.78 is 0.785. The fraction of sp³-hybridized carbons (Fsp3) is 0.333. The zero-order valence-electron chi connectivity index (χ0n) is 8.23. The lowest BCUT2D eigenvalue weighted by Crippen LogP contribution is -2.25. The molecular formula is C9H10BrNO3S2. The molecule has 0 aliphatic carbocycles. The van der Waals surface area contributed by atoms with Crippen LogP contribution in [0.5, 0.6) is 0 Å². The molecule has 88 valence electrons. The first kappa shape index (κ1) is 13.5. The van der Waals surface area contributed by atoms with Crippen LogP contribution in [0.2, 0.25) is 0 Å². The van der Waals surface area contributed by atoms with Crippen LogP contribution in [-0.2, 0) is 4.79 Å². The van der Waals surface area contributed by atoms with Gasteiger partial charge in [0, 0.05) is 16.8 Å². The summed E-state index contributed by atoms with van der Waals surface area (Å²) in [7, 11) is 0. The third kappa shape index (κ3) is 4.54. The van der Waals surface area contributed by atoms with Gasteiger partial charge in [-0.15, -0.1) is 23.1 Å². The number of amides is 1. The van der Waals surface area contributed by atoms with Gasteiger partial charge in [0.2, 0.25) is 0 Å². The van der Waals surface area contributed by atoms with Crippen molar-refractivity contribution in [3.8, 4) is 0 Å². The van der Waals surface area contributed by atoms with E-state index in [9.17, 15) is 9.59 Å². The number of carbonyl (C=O) groups excluding carboxylic acids is 1. The number of carbonyl (C=O) groups is 2. The van der Waals surface area contributed by atoms with Gasteiger partial charge in [-0.2, -0.15) is 0 Å². The Balaban J connectivity index is 2.21. The topological polar surface area (TPSA) is 66.4 Å². The maximum Gasteiger partial charge on any atom is 0.313 e. The minimum Gasteiger partial charge on any atom is -0.481 e. The molecule has 1 aromatic rings. The number of rotatable bonds is 6. The molecule has 0 aliphatic rings. The highest BCUT2D eigenvalue weighted by molar-refractivity contribution is 9.10. The summed E-state index contributed by atoms with van der Waals surface area (Å²) in [6.45, 7) is 0.473. The van der Waals surface area contributed by atoms with Crippen molar-refractivity contribution in [1.82, 2.24) is 5.32 Å². The van der Waals surface area contributed by atoms with Crippen LogP contribution in [0.15, 0.2) is 15.9 Å². The maximum atomic E-state index is 11.6. The molecule has 0 unspecified atom stereocenters. The highest BCUT2D eigenvalue weighted by Crippen LogP contribution is 2.22. The van der Waals surface area contributed by atoms with Gasteiger partial charge in [-0.05, 0) is 27.4 Å². The van der Waals surface area contributed by atoms with E-state index >= 15 is 0 Å². The van der Waals surface area contributed by atoms with E-state index in [1.54, 1.807) is 0 Å². The van der Waals surface area contributed by atoms with Crippen molar-refractivity contribution in [2.75, 3.05) is 18.1 Å². The predicted molar refractivity (Wildman–Crippen MR) is 69.3 cm³/mol. The molecule has 0 fully saturated rings. The fourth-order valence-corrected chi connectivity index (χ4v) is 2.97. The third-order valence-electron chi connectivity index (χ3n) is 1.58. The van der Waals surface area contributed by atoms with Crippen LogP contribution < -0.4 is 5.32 Å². The van der Waals surface area contributed by atoms with E-state index in [-0.39, 0.29) is 11.7 Å². The average molecular weight is 324 g/mol. The van der Waals surface area contributed by atoms with E-state index in [1.165, 1.54) is 23.1 Å². The van der Waals surface area contributed by atoms with Crippen LogP contribution in [0, 0.1) is 0 Å². The van der Waals surface area contributed by atoms with E-state index < -0.39 is 5.97 Å². The minimum atomic E-state index is -0.836. The van der Waals surface area contributed by atoms with E-state index in [2.05, 4.69) is 21.2 Å². The summed E-state index contributed by atoms with van der Waals surface area (Å²) >= 11 is 5.92. The first-order chi connectivity index (χ1) is 7.61. The van der Waals surface area contributed by atoms with Crippen LogP contribution in [0.4, 0.5) is 0 Å². The molecule has 0 bridgehead atoms. The molecule has 1 heterocycles. The highest BCUT2D eigenvalue weighted by Gasteiger charge is 2.10. The quantitative estimate of drug-likeness (QED) is 0.786. The first-order valence-corrected chi connectivity index (χ1v) is 7.24. The van der Waals surface area contributed by atoms with Gasteiger partial charge in [-0.25, -0.2) is 0 Å². The molecule has 0 atom stereocenters. The Morgan fingerprint density at radius 2 is 2.31 bits per heavy atom. The second-order valence-corrected chi connectivity index (χ2v) is 5.68. The molecule has 0 aromatic carbocycles. The predicted octanol–water partition coefficient (Wildman–Crippen LogP) is 2.06. The maximum absolute atomic E-state index is 11.6. The molecule has 0 aliphatic heterocycles. The number of thiophene rings is 1. The van der Waals surface area contributed by atoms with E-state index in [0.717, 1.165) is 4.47 Å². The molecule has 4 nitrogen and oxygen atoms in total. The number of carboxylic acids is 1. The molecule has 1 amide bonds. The fourth-order valence-electron chi connectivity index (χ4n) is 0.932. The Labute approximate surface area is 110 Å². The summed E-state index contributed by atoms with van der Waals surface area (Å²) in [5.74, 6) is -0.297. The lowest BCUT2D eigenvalue weighted by molar-refractivity contribution is -0.133. The van der Waals surface area contributed by atoms with E-state index in [1.807, 2.05) is 11.4 Å². The number of hydrogen-bond donors (Lipinski definition) is 2. The number of nitrogens with one attached hydrogen (secondary N) is 1. The van der Waals surface area contributed by atoms with Crippen LogP contribution in [-0.4, -0.2) is 35.0 Å². The second kappa shape index (κ2) is 6.93.